The standard InChI is InChI=1S/C7H14N4O3S/c1-2-14-4-3-10-15(12,13)6-5-9-11-7(6)8/h5,10H,2-4H2,1H3,(H3,8,9,11). The third-order valence-corrected chi connectivity index (χ3v) is 3.15. The van der Waals surface area contributed by atoms with Gasteiger partial charge in [-0.05, 0) is 6.92 Å². The van der Waals surface area contributed by atoms with Crippen LogP contribution in [0.1, 0.15) is 6.92 Å². The number of aromatic nitrogens is 2. The topological polar surface area (TPSA) is 110 Å². The minimum absolute atomic E-state index is 0.0268. The highest BCUT2D eigenvalue weighted by molar-refractivity contribution is 7.89. The molecule has 8 heteroatoms. The Bertz CT molecular complexity index is 400. The number of sulfonamides is 1. The smallest absolute Gasteiger partial charge is 0.245 e. The van der Waals surface area contributed by atoms with E-state index in [-0.39, 0.29) is 17.3 Å². The molecule has 0 atom stereocenters. The first-order chi connectivity index (χ1) is 7.08. The van der Waals surface area contributed by atoms with Crippen molar-refractivity contribution in [3.63, 3.8) is 0 Å². The highest BCUT2D eigenvalue weighted by Gasteiger charge is 2.18. The fourth-order valence-electron chi connectivity index (χ4n) is 0.970. The Kier molecular flexibility index (Phi) is 4.06. The number of anilines is 1. The van der Waals surface area contributed by atoms with E-state index in [4.69, 9.17) is 10.5 Å². The van der Waals surface area contributed by atoms with Crippen molar-refractivity contribution in [2.45, 2.75) is 11.8 Å². The first-order valence-corrected chi connectivity index (χ1v) is 5.92. The molecule has 0 aliphatic heterocycles. The van der Waals surface area contributed by atoms with Crippen molar-refractivity contribution in [2.75, 3.05) is 25.5 Å². The highest BCUT2D eigenvalue weighted by atomic mass is 32.2. The summed E-state index contributed by atoms with van der Waals surface area (Å²) in [6.07, 6.45) is 1.17. The summed E-state index contributed by atoms with van der Waals surface area (Å²) in [6.45, 7) is 2.92. The van der Waals surface area contributed by atoms with Crippen molar-refractivity contribution in [2.24, 2.45) is 0 Å². The van der Waals surface area contributed by atoms with Crippen LogP contribution in [0, 0.1) is 0 Å². The van der Waals surface area contributed by atoms with E-state index in [0.29, 0.717) is 13.2 Å². The number of nitrogens with two attached hydrogens (primary N) is 1. The Labute approximate surface area is 88.1 Å². The maximum atomic E-state index is 11.6. The summed E-state index contributed by atoms with van der Waals surface area (Å²) in [7, 11) is -3.58. The third-order valence-electron chi connectivity index (χ3n) is 1.66. The SMILES string of the molecule is CCOCCNS(=O)(=O)c1cn[nH]c1N. The van der Waals surface area contributed by atoms with E-state index >= 15 is 0 Å². The van der Waals surface area contributed by atoms with Gasteiger partial charge in [0.2, 0.25) is 10.0 Å². The van der Waals surface area contributed by atoms with Crippen LogP contribution in [0.5, 0.6) is 0 Å². The second-order valence-corrected chi connectivity index (χ2v) is 4.48. The lowest BCUT2D eigenvalue weighted by Crippen LogP contribution is -2.27. The maximum absolute atomic E-state index is 11.6. The minimum Gasteiger partial charge on any atom is -0.383 e. The summed E-state index contributed by atoms with van der Waals surface area (Å²) in [5.74, 6) is 0.0268. The Morgan fingerprint density at radius 3 is 2.93 bits per heavy atom. The second-order valence-electron chi connectivity index (χ2n) is 2.74. The van der Waals surface area contributed by atoms with Gasteiger partial charge < -0.3 is 10.5 Å². The Morgan fingerprint density at radius 1 is 1.67 bits per heavy atom. The first kappa shape index (κ1) is 12.0. The monoisotopic (exact) mass is 234 g/mol. The van der Waals surface area contributed by atoms with Crippen LogP contribution in [0.4, 0.5) is 5.82 Å². The number of hydrogen-bond acceptors (Lipinski definition) is 5. The van der Waals surface area contributed by atoms with Gasteiger partial charge in [0.1, 0.15) is 10.7 Å². The summed E-state index contributed by atoms with van der Waals surface area (Å²) in [6, 6.07) is 0. The van der Waals surface area contributed by atoms with Gasteiger partial charge in [0.15, 0.2) is 0 Å². The van der Waals surface area contributed by atoms with Crippen LogP contribution in [0.25, 0.3) is 0 Å². The average Bonchev–Trinajstić information content (AvgIpc) is 2.60. The quantitative estimate of drug-likeness (QED) is 0.564. The molecule has 0 bridgehead atoms. The number of aromatic amines is 1. The zero-order valence-corrected chi connectivity index (χ0v) is 9.17. The van der Waals surface area contributed by atoms with E-state index in [1.54, 1.807) is 0 Å². The molecule has 15 heavy (non-hydrogen) atoms. The van der Waals surface area contributed by atoms with Gasteiger partial charge in [-0.3, -0.25) is 5.10 Å². The van der Waals surface area contributed by atoms with Crippen molar-refractivity contribution in [1.29, 1.82) is 0 Å². The van der Waals surface area contributed by atoms with Crippen molar-refractivity contribution >= 4 is 15.8 Å². The Balaban J connectivity index is 2.57. The molecule has 0 saturated carbocycles. The molecule has 4 N–H and O–H groups in total. The van der Waals surface area contributed by atoms with Gasteiger partial charge in [-0.2, -0.15) is 5.10 Å². The number of nitrogens with zero attached hydrogens (tertiary/aromatic N) is 1. The molecule has 0 unspecified atom stereocenters. The van der Waals surface area contributed by atoms with Crippen LogP contribution in [-0.4, -0.2) is 38.4 Å². The molecule has 0 amide bonds. The zero-order valence-electron chi connectivity index (χ0n) is 8.36. The van der Waals surface area contributed by atoms with Crippen molar-refractivity contribution < 1.29 is 13.2 Å². The van der Waals surface area contributed by atoms with E-state index in [0.717, 1.165) is 0 Å². The van der Waals surface area contributed by atoms with Gasteiger partial charge >= 0.3 is 0 Å². The minimum atomic E-state index is -3.58. The lowest BCUT2D eigenvalue weighted by molar-refractivity contribution is 0.153. The molecule has 7 nitrogen and oxygen atoms in total. The van der Waals surface area contributed by atoms with Crippen molar-refractivity contribution in [1.82, 2.24) is 14.9 Å². The van der Waals surface area contributed by atoms with E-state index in [2.05, 4.69) is 14.9 Å². The largest absolute Gasteiger partial charge is 0.383 e. The molecule has 0 aliphatic carbocycles. The van der Waals surface area contributed by atoms with E-state index < -0.39 is 10.0 Å². The molecular formula is C7H14N4O3S. The van der Waals surface area contributed by atoms with Gasteiger partial charge in [-0.15, -0.1) is 0 Å². The average molecular weight is 234 g/mol. The molecule has 0 radical (unpaired) electrons. The predicted octanol–water partition coefficient (Wildman–Crippen LogP) is -0.693. The van der Waals surface area contributed by atoms with Crippen LogP contribution in [-0.2, 0) is 14.8 Å². The molecule has 0 aromatic carbocycles. The van der Waals surface area contributed by atoms with E-state index in [9.17, 15) is 8.42 Å². The third kappa shape index (κ3) is 3.18. The predicted molar refractivity (Wildman–Crippen MR) is 54.7 cm³/mol. The lowest BCUT2D eigenvalue weighted by atomic mass is 10.7. The molecule has 1 aromatic heterocycles. The second kappa shape index (κ2) is 5.10. The van der Waals surface area contributed by atoms with Crippen molar-refractivity contribution in [3.8, 4) is 0 Å². The molecule has 1 heterocycles. The number of ether oxygens (including phenoxy) is 1. The molecule has 0 spiro atoms. The van der Waals surface area contributed by atoms with Gasteiger partial charge in [0, 0.05) is 13.2 Å². The molecule has 0 saturated heterocycles. The molecular weight excluding hydrogens is 220 g/mol. The van der Waals surface area contributed by atoms with Gasteiger partial charge in [0.05, 0.1) is 12.8 Å². The van der Waals surface area contributed by atoms with Crippen LogP contribution < -0.4 is 10.5 Å². The summed E-state index contributed by atoms with van der Waals surface area (Å²) in [5, 5.41) is 5.89. The highest BCUT2D eigenvalue weighted by Crippen LogP contribution is 2.12. The number of rotatable bonds is 6. The Morgan fingerprint density at radius 2 is 2.40 bits per heavy atom. The van der Waals surface area contributed by atoms with Gasteiger partial charge in [-0.25, -0.2) is 13.1 Å². The van der Waals surface area contributed by atoms with Crippen LogP contribution in [0.3, 0.4) is 0 Å². The number of nitrogens with one attached hydrogen (secondary N) is 2. The summed E-state index contributed by atoms with van der Waals surface area (Å²) in [4.78, 5) is -0.0426. The molecule has 0 fully saturated rings. The van der Waals surface area contributed by atoms with Crippen LogP contribution >= 0.6 is 0 Å². The lowest BCUT2D eigenvalue weighted by Gasteiger charge is -2.05. The van der Waals surface area contributed by atoms with Crippen LogP contribution in [0.15, 0.2) is 11.1 Å². The fraction of sp³-hybridized carbons (Fsp3) is 0.571. The normalized spacial score (nSPS) is 11.8. The molecule has 1 rings (SSSR count). The summed E-state index contributed by atoms with van der Waals surface area (Å²) < 4.78 is 30.5. The van der Waals surface area contributed by atoms with E-state index in [1.165, 1.54) is 6.20 Å². The van der Waals surface area contributed by atoms with Gasteiger partial charge in [0.25, 0.3) is 0 Å². The first-order valence-electron chi connectivity index (χ1n) is 4.44. The fourth-order valence-corrected chi connectivity index (χ4v) is 2.00. The summed E-state index contributed by atoms with van der Waals surface area (Å²) in [5.41, 5.74) is 5.39. The Hall–Kier alpha value is -1.12. The van der Waals surface area contributed by atoms with Crippen molar-refractivity contribution in [3.05, 3.63) is 6.20 Å². The molecule has 1 aromatic rings. The van der Waals surface area contributed by atoms with E-state index in [1.807, 2.05) is 6.92 Å². The number of H-pyrrole nitrogens is 1. The maximum Gasteiger partial charge on any atom is 0.245 e. The number of hydrogen-bond donors (Lipinski definition) is 3. The number of nitrogen functional groups attached to an aromatic ring is 1. The molecule has 86 valence electrons. The molecule has 0 aliphatic rings. The van der Waals surface area contributed by atoms with Gasteiger partial charge in [-0.1, -0.05) is 0 Å². The summed E-state index contributed by atoms with van der Waals surface area (Å²) >= 11 is 0. The zero-order chi connectivity index (χ0) is 11.3. The van der Waals surface area contributed by atoms with Crippen LogP contribution in [0.2, 0.25) is 0 Å².